The van der Waals surface area contributed by atoms with Gasteiger partial charge >= 0.3 is 0 Å². The first-order chi connectivity index (χ1) is 8.83. The zero-order chi connectivity index (χ0) is 12.4. The maximum absolute atomic E-state index is 5.69. The van der Waals surface area contributed by atoms with Gasteiger partial charge in [-0.3, -0.25) is 4.90 Å². The molecule has 0 spiro atoms. The molecule has 3 rings (SSSR count). The van der Waals surface area contributed by atoms with E-state index in [9.17, 15) is 0 Å². The molecular formula is C14H17N3S. The Bertz CT molecular complexity index is 509. The molecule has 4 heteroatoms. The van der Waals surface area contributed by atoms with Crippen LogP contribution in [0.5, 0.6) is 0 Å². The van der Waals surface area contributed by atoms with Crippen molar-refractivity contribution in [1.82, 2.24) is 9.88 Å². The van der Waals surface area contributed by atoms with Crippen molar-refractivity contribution < 1.29 is 0 Å². The molecule has 0 amide bonds. The van der Waals surface area contributed by atoms with E-state index in [-0.39, 0.29) is 0 Å². The van der Waals surface area contributed by atoms with Gasteiger partial charge in [-0.15, -0.1) is 11.3 Å². The molecule has 2 aromatic rings. The van der Waals surface area contributed by atoms with Crippen molar-refractivity contribution in [3.05, 3.63) is 47.0 Å². The highest BCUT2D eigenvalue weighted by Crippen LogP contribution is 2.33. The Morgan fingerprint density at radius 2 is 2.17 bits per heavy atom. The summed E-state index contributed by atoms with van der Waals surface area (Å²) in [6.07, 6.45) is 4.42. The van der Waals surface area contributed by atoms with Crippen LogP contribution in [-0.4, -0.2) is 16.4 Å². The van der Waals surface area contributed by atoms with Crippen LogP contribution in [-0.2, 0) is 6.54 Å². The third-order valence-electron chi connectivity index (χ3n) is 3.48. The van der Waals surface area contributed by atoms with Crippen LogP contribution in [0.4, 0.5) is 5.13 Å². The van der Waals surface area contributed by atoms with E-state index in [1.807, 2.05) is 6.20 Å². The molecule has 1 atom stereocenters. The summed E-state index contributed by atoms with van der Waals surface area (Å²) in [5, 5.41) is 0.667. The van der Waals surface area contributed by atoms with Gasteiger partial charge in [-0.05, 0) is 24.9 Å². The summed E-state index contributed by atoms with van der Waals surface area (Å²) in [6, 6.07) is 11.3. The number of nitrogens with zero attached hydrogens (tertiary/aromatic N) is 2. The standard InChI is InChI=1S/C14H17N3S/c15-14-16-9-12(18-14)10-17-8-4-7-13(17)11-5-2-1-3-6-11/h1-3,5-6,9,13H,4,7-8,10H2,(H2,15,16). The van der Waals surface area contributed by atoms with Crippen molar-refractivity contribution in [2.45, 2.75) is 25.4 Å². The van der Waals surface area contributed by atoms with Crippen molar-refractivity contribution in [2.24, 2.45) is 0 Å². The topological polar surface area (TPSA) is 42.1 Å². The number of likely N-dealkylation sites (tertiary alicyclic amines) is 1. The molecule has 0 radical (unpaired) electrons. The molecule has 1 fully saturated rings. The molecule has 1 aromatic heterocycles. The Balaban J connectivity index is 1.75. The Labute approximate surface area is 111 Å². The molecular weight excluding hydrogens is 242 g/mol. The van der Waals surface area contributed by atoms with Crippen LogP contribution >= 0.6 is 11.3 Å². The molecule has 18 heavy (non-hydrogen) atoms. The van der Waals surface area contributed by atoms with Crippen LogP contribution in [0.1, 0.15) is 29.3 Å². The predicted molar refractivity (Wildman–Crippen MR) is 75.4 cm³/mol. The monoisotopic (exact) mass is 259 g/mol. The molecule has 2 N–H and O–H groups in total. The smallest absolute Gasteiger partial charge is 0.180 e. The minimum absolute atomic E-state index is 0.550. The molecule has 1 saturated heterocycles. The molecule has 0 aliphatic carbocycles. The van der Waals surface area contributed by atoms with Crippen molar-refractivity contribution in [3.8, 4) is 0 Å². The van der Waals surface area contributed by atoms with Crippen LogP contribution in [0.2, 0.25) is 0 Å². The summed E-state index contributed by atoms with van der Waals surface area (Å²) in [5.74, 6) is 0. The van der Waals surface area contributed by atoms with Crippen molar-refractivity contribution >= 4 is 16.5 Å². The number of nitrogen functional groups attached to an aromatic ring is 1. The molecule has 94 valence electrons. The number of thiazole rings is 1. The number of hydrogen-bond donors (Lipinski definition) is 1. The Hall–Kier alpha value is -1.39. The quantitative estimate of drug-likeness (QED) is 0.921. The van der Waals surface area contributed by atoms with Crippen LogP contribution in [0.25, 0.3) is 0 Å². The van der Waals surface area contributed by atoms with E-state index < -0.39 is 0 Å². The highest BCUT2D eigenvalue weighted by molar-refractivity contribution is 7.15. The molecule has 1 aliphatic heterocycles. The van der Waals surface area contributed by atoms with Crippen molar-refractivity contribution in [3.63, 3.8) is 0 Å². The normalized spacial score (nSPS) is 20.3. The summed E-state index contributed by atoms with van der Waals surface area (Å²) in [4.78, 5) is 7.92. The van der Waals surface area contributed by atoms with E-state index in [2.05, 4.69) is 40.2 Å². The summed E-state index contributed by atoms with van der Waals surface area (Å²) in [7, 11) is 0. The number of hydrogen-bond acceptors (Lipinski definition) is 4. The SMILES string of the molecule is Nc1ncc(CN2CCCC2c2ccccc2)s1. The average Bonchev–Trinajstić information content (AvgIpc) is 3.00. The average molecular weight is 259 g/mol. The summed E-state index contributed by atoms with van der Waals surface area (Å²) >= 11 is 1.60. The third kappa shape index (κ3) is 2.40. The van der Waals surface area contributed by atoms with Crippen molar-refractivity contribution in [1.29, 1.82) is 0 Å². The van der Waals surface area contributed by atoms with Gasteiger partial charge in [-0.25, -0.2) is 4.98 Å². The van der Waals surface area contributed by atoms with Gasteiger partial charge in [0.2, 0.25) is 0 Å². The first-order valence-electron chi connectivity index (χ1n) is 6.32. The molecule has 3 nitrogen and oxygen atoms in total. The van der Waals surface area contributed by atoms with E-state index in [0.717, 1.165) is 13.1 Å². The number of anilines is 1. The molecule has 0 bridgehead atoms. The zero-order valence-corrected chi connectivity index (χ0v) is 11.1. The molecule has 1 unspecified atom stereocenters. The fourth-order valence-electron chi connectivity index (χ4n) is 2.66. The first-order valence-corrected chi connectivity index (χ1v) is 7.14. The van der Waals surface area contributed by atoms with Crippen LogP contribution in [0, 0.1) is 0 Å². The number of aromatic nitrogens is 1. The van der Waals surface area contributed by atoms with Gasteiger partial charge in [0, 0.05) is 23.7 Å². The zero-order valence-electron chi connectivity index (χ0n) is 10.2. The first kappa shape index (κ1) is 11.7. The lowest BCUT2D eigenvalue weighted by molar-refractivity contribution is 0.250. The Kier molecular flexibility index (Phi) is 3.30. The maximum atomic E-state index is 5.69. The molecule has 1 aliphatic rings. The Morgan fingerprint density at radius 1 is 1.33 bits per heavy atom. The lowest BCUT2D eigenvalue weighted by Gasteiger charge is -2.24. The summed E-state index contributed by atoms with van der Waals surface area (Å²) < 4.78 is 0. The highest BCUT2D eigenvalue weighted by Gasteiger charge is 2.26. The lowest BCUT2D eigenvalue weighted by Crippen LogP contribution is -2.22. The maximum Gasteiger partial charge on any atom is 0.180 e. The minimum atomic E-state index is 0.550. The molecule has 0 saturated carbocycles. The van der Waals surface area contributed by atoms with Gasteiger partial charge in [-0.1, -0.05) is 30.3 Å². The van der Waals surface area contributed by atoms with E-state index in [4.69, 9.17) is 5.73 Å². The van der Waals surface area contributed by atoms with E-state index >= 15 is 0 Å². The fourth-order valence-corrected chi connectivity index (χ4v) is 3.37. The molecule has 2 heterocycles. The van der Waals surface area contributed by atoms with Gasteiger partial charge in [0.25, 0.3) is 0 Å². The van der Waals surface area contributed by atoms with Crippen molar-refractivity contribution in [2.75, 3.05) is 12.3 Å². The Morgan fingerprint density at radius 3 is 2.89 bits per heavy atom. The van der Waals surface area contributed by atoms with E-state index in [1.165, 1.54) is 23.3 Å². The summed E-state index contributed by atoms with van der Waals surface area (Å²) in [5.41, 5.74) is 7.11. The summed E-state index contributed by atoms with van der Waals surface area (Å²) in [6.45, 7) is 2.13. The minimum Gasteiger partial charge on any atom is -0.375 e. The second-order valence-electron chi connectivity index (χ2n) is 4.70. The molecule has 1 aromatic carbocycles. The second kappa shape index (κ2) is 5.08. The number of rotatable bonds is 3. The highest BCUT2D eigenvalue weighted by atomic mass is 32.1. The van der Waals surface area contributed by atoms with Gasteiger partial charge < -0.3 is 5.73 Å². The predicted octanol–water partition coefficient (Wildman–Crippen LogP) is 3.06. The van der Waals surface area contributed by atoms with E-state index in [1.54, 1.807) is 11.3 Å². The van der Waals surface area contributed by atoms with Crippen LogP contribution < -0.4 is 5.73 Å². The lowest BCUT2D eigenvalue weighted by atomic mass is 10.0. The van der Waals surface area contributed by atoms with Crippen LogP contribution in [0.3, 0.4) is 0 Å². The third-order valence-corrected chi connectivity index (χ3v) is 4.29. The fraction of sp³-hybridized carbons (Fsp3) is 0.357. The van der Waals surface area contributed by atoms with Gasteiger partial charge in [0.05, 0.1) is 0 Å². The van der Waals surface area contributed by atoms with Gasteiger partial charge in [-0.2, -0.15) is 0 Å². The van der Waals surface area contributed by atoms with Gasteiger partial charge in [0.15, 0.2) is 5.13 Å². The van der Waals surface area contributed by atoms with E-state index in [0.29, 0.717) is 11.2 Å². The number of nitrogens with two attached hydrogens (primary N) is 1. The number of benzene rings is 1. The largest absolute Gasteiger partial charge is 0.375 e. The second-order valence-corrected chi connectivity index (χ2v) is 5.85. The van der Waals surface area contributed by atoms with Gasteiger partial charge in [0.1, 0.15) is 0 Å². The van der Waals surface area contributed by atoms with Crippen LogP contribution in [0.15, 0.2) is 36.5 Å².